The van der Waals surface area contributed by atoms with Gasteiger partial charge in [-0.25, -0.2) is 4.99 Å². The number of hydrogen-bond acceptors (Lipinski definition) is 3. The second-order valence-electron chi connectivity index (χ2n) is 5.54. The van der Waals surface area contributed by atoms with Crippen molar-refractivity contribution in [1.29, 1.82) is 0 Å². The first kappa shape index (κ1) is 22.5. The molecule has 0 bridgehead atoms. The summed E-state index contributed by atoms with van der Waals surface area (Å²) in [5.74, 6) is 1.64. The number of furan rings is 1. The van der Waals surface area contributed by atoms with Crippen molar-refractivity contribution in [2.45, 2.75) is 19.3 Å². The first-order chi connectivity index (χ1) is 11.0. The van der Waals surface area contributed by atoms with Gasteiger partial charge in [-0.3, -0.25) is 4.79 Å². The Morgan fingerprint density at radius 2 is 2.17 bits per heavy atom. The summed E-state index contributed by atoms with van der Waals surface area (Å²) >= 11 is 0. The number of hydrogen-bond donors (Lipinski definition) is 1. The molecule has 1 rings (SSSR count). The molecule has 1 aromatic heterocycles. The first-order valence-electron chi connectivity index (χ1n) is 7.87. The molecular formula is C17H29IN4O2. The lowest BCUT2D eigenvalue weighted by Crippen LogP contribution is -2.41. The summed E-state index contributed by atoms with van der Waals surface area (Å²) in [6.45, 7) is 5.43. The third-order valence-corrected chi connectivity index (χ3v) is 3.36. The molecule has 136 valence electrons. The molecule has 1 N–H and O–H groups in total. The lowest BCUT2D eigenvalue weighted by molar-refractivity contribution is -0.127. The van der Waals surface area contributed by atoms with Gasteiger partial charge in [0.2, 0.25) is 5.91 Å². The number of nitrogens with zero attached hydrogens (tertiary/aromatic N) is 3. The van der Waals surface area contributed by atoms with E-state index in [-0.39, 0.29) is 36.4 Å². The number of nitrogens with one attached hydrogen (secondary N) is 1. The van der Waals surface area contributed by atoms with Gasteiger partial charge < -0.3 is 19.5 Å². The second kappa shape index (κ2) is 12.9. The molecule has 0 saturated carbocycles. The molecule has 0 aliphatic carbocycles. The van der Waals surface area contributed by atoms with Crippen LogP contribution in [0.25, 0.3) is 0 Å². The zero-order valence-corrected chi connectivity index (χ0v) is 17.2. The van der Waals surface area contributed by atoms with E-state index in [1.807, 2.05) is 30.2 Å². The van der Waals surface area contributed by atoms with Crippen LogP contribution in [-0.4, -0.2) is 62.4 Å². The topological polar surface area (TPSA) is 61.1 Å². The number of carbonyl (C=O) groups excluding carboxylic acids is 1. The Bertz CT molecular complexity index is 501. The largest absolute Gasteiger partial charge is 0.469 e. The van der Waals surface area contributed by atoms with E-state index in [2.05, 4.69) is 16.9 Å². The Morgan fingerprint density at radius 1 is 1.42 bits per heavy atom. The summed E-state index contributed by atoms with van der Waals surface area (Å²) in [6, 6.07) is 3.82. The highest BCUT2D eigenvalue weighted by Crippen LogP contribution is 2.00. The van der Waals surface area contributed by atoms with Crippen molar-refractivity contribution >= 4 is 35.8 Å². The number of guanidine groups is 1. The van der Waals surface area contributed by atoms with Gasteiger partial charge in [-0.2, -0.15) is 0 Å². The number of rotatable bonds is 9. The molecule has 1 heterocycles. The average molecular weight is 448 g/mol. The SMILES string of the molecule is C=CCCCN(C)C(=NCC(=O)N(C)C)NCCc1ccco1.I. The summed E-state index contributed by atoms with van der Waals surface area (Å²) in [4.78, 5) is 19.7. The fraction of sp³-hybridized carbons (Fsp3) is 0.529. The van der Waals surface area contributed by atoms with Crippen molar-refractivity contribution in [2.75, 3.05) is 40.8 Å². The smallest absolute Gasteiger partial charge is 0.243 e. The zero-order chi connectivity index (χ0) is 17.1. The van der Waals surface area contributed by atoms with E-state index < -0.39 is 0 Å². The maximum atomic E-state index is 11.7. The van der Waals surface area contributed by atoms with E-state index in [4.69, 9.17) is 4.42 Å². The van der Waals surface area contributed by atoms with Crippen molar-refractivity contribution in [2.24, 2.45) is 4.99 Å². The van der Waals surface area contributed by atoms with Gasteiger partial charge in [0.15, 0.2) is 5.96 Å². The third-order valence-electron chi connectivity index (χ3n) is 3.36. The Hall–Kier alpha value is -1.51. The normalized spacial score (nSPS) is 10.7. The lowest BCUT2D eigenvalue weighted by Gasteiger charge is -2.22. The number of likely N-dealkylation sites (N-methyl/N-ethyl adjacent to an activating group) is 1. The summed E-state index contributed by atoms with van der Waals surface area (Å²) in [5, 5.41) is 3.30. The molecule has 0 spiro atoms. The summed E-state index contributed by atoms with van der Waals surface area (Å²) in [6.07, 6.45) is 6.31. The van der Waals surface area contributed by atoms with E-state index in [0.717, 1.165) is 37.5 Å². The van der Waals surface area contributed by atoms with Crippen molar-refractivity contribution in [3.8, 4) is 0 Å². The highest BCUT2D eigenvalue weighted by molar-refractivity contribution is 14.0. The van der Waals surface area contributed by atoms with Crippen LogP contribution in [0.4, 0.5) is 0 Å². The first-order valence-corrected chi connectivity index (χ1v) is 7.87. The predicted molar refractivity (Wildman–Crippen MR) is 109 cm³/mol. The molecule has 24 heavy (non-hydrogen) atoms. The van der Waals surface area contributed by atoms with E-state index in [9.17, 15) is 4.79 Å². The van der Waals surface area contributed by atoms with Crippen molar-refractivity contribution in [3.05, 3.63) is 36.8 Å². The Labute approximate surface area is 162 Å². The van der Waals surface area contributed by atoms with Crippen LogP contribution in [-0.2, 0) is 11.2 Å². The molecule has 0 unspecified atom stereocenters. The number of allylic oxidation sites excluding steroid dienone is 1. The van der Waals surface area contributed by atoms with Crippen LogP contribution >= 0.6 is 24.0 Å². The highest BCUT2D eigenvalue weighted by Gasteiger charge is 2.09. The molecule has 0 fully saturated rings. The fourth-order valence-corrected chi connectivity index (χ4v) is 1.93. The summed E-state index contributed by atoms with van der Waals surface area (Å²) in [7, 11) is 5.44. The van der Waals surface area contributed by atoms with Gasteiger partial charge in [-0.05, 0) is 25.0 Å². The molecule has 6 nitrogen and oxygen atoms in total. The maximum Gasteiger partial charge on any atom is 0.243 e. The van der Waals surface area contributed by atoms with E-state index >= 15 is 0 Å². The molecule has 0 radical (unpaired) electrons. The minimum Gasteiger partial charge on any atom is -0.469 e. The van der Waals surface area contributed by atoms with Gasteiger partial charge in [0.1, 0.15) is 12.3 Å². The minimum atomic E-state index is -0.0187. The number of aliphatic imine (C=N–C) groups is 1. The Kier molecular flexibility index (Phi) is 12.0. The molecular weight excluding hydrogens is 419 g/mol. The van der Waals surface area contributed by atoms with Crippen molar-refractivity contribution < 1.29 is 9.21 Å². The number of amides is 1. The fourth-order valence-electron chi connectivity index (χ4n) is 1.93. The van der Waals surface area contributed by atoms with Crippen LogP contribution in [0.1, 0.15) is 18.6 Å². The van der Waals surface area contributed by atoms with E-state index in [1.54, 1.807) is 25.3 Å². The molecule has 7 heteroatoms. The van der Waals surface area contributed by atoms with Gasteiger partial charge >= 0.3 is 0 Å². The van der Waals surface area contributed by atoms with Crippen molar-refractivity contribution in [3.63, 3.8) is 0 Å². The van der Waals surface area contributed by atoms with E-state index in [0.29, 0.717) is 6.54 Å². The molecule has 0 aromatic carbocycles. The van der Waals surface area contributed by atoms with Crippen LogP contribution < -0.4 is 5.32 Å². The van der Waals surface area contributed by atoms with Crippen LogP contribution in [0.5, 0.6) is 0 Å². The standard InChI is InChI=1S/C17H28N4O2.HI/c1-5-6-7-12-21(4)17(19-14-16(22)20(2)3)18-11-10-15-9-8-13-23-15;/h5,8-9,13H,1,6-7,10-12,14H2,2-4H3,(H,18,19);1H. The zero-order valence-electron chi connectivity index (χ0n) is 14.8. The number of unbranched alkanes of at least 4 members (excludes halogenated alkanes) is 1. The lowest BCUT2D eigenvalue weighted by atomic mass is 10.3. The van der Waals surface area contributed by atoms with Crippen LogP contribution in [0.15, 0.2) is 40.5 Å². The molecule has 1 aromatic rings. The second-order valence-corrected chi connectivity index (χ2v) is 5.54. The van der Waals surface area contributed by atoms with E-state index in [1.165, 1.54) is 0 Å². The van der Waals surface area contributed by atoms with Crippen LogP contribution in [0.3, 0.4) is 0 Å². The summed E-state index contributed by atoms with van der Waals surface area (Å²) in [5.41, 5.74) is 0. The highest BCUT2D eigenvalue weighted by atomic mass is 127. The summed E-state index contributed by atoms with van der Waals surface area (Å²) < 4.78 is 5.32. The molecule has 0 atom stereocenters. The van der Waals surface area contributed by atoms with Crippen LogP contribution in [0, 0.1) is 0 Å². The van der Waals surface area contributed by atoms with Gasteiger partial charge in [-0.15, -0.1) is 30.6 Å². The number of halogens is 1. The minimum absolute atomic E-state index is 0. The molecule has 0 saturated heterocycles. The third kappa shape index (κ3) is 8.95. The van der Waals surface area contributed by atoms with Gasteiger partial charge in [0, 0.05) is 40.7 Å². The molecule has 0 aliphatic rings. The van der Waals surface area contributed by atoms with Gasteiger partial charge in [0.05, 0.1) is 6.26 Å². The maximum absolute atomic E-state index is 11.7. The Morgan fingerprint density at radius 3 is 2.75 bits per heavy atom. The van der Waals surface area contributed by atoms with Gasteiger partial charge in [-0.1, -0.05) is 6.08 Å². The van der Waals surface area contributed by atoms with Crippen LogP contribution in [0.2, 0.25) is 0 Å². The molecule has 0 aliphatic heterocycles. The number of carbonyl (C=O) groups is 1. The Balaban J connectivity index is 0.00000529. The average Bonchev–Trinajstić information content (AvgIpc) is 3.03. The molecule has 1 amide bonds. The monoisotopic (exact) mass is 448 g/mol. The quantitative estimate of drug-likeness (QED) is 0.207. The predicted octanol–water partition coefficient (Wildman–Crippen LogP) is 2.37. The van der Waals surface area contributed by atoms with Crippen molar-refractivity contribution in [1.82, 2.24) is 15.1 Å². The van der Waals surface area contributed by atoms with Gasteiger partial charge in [0.25, 0.3) is 0 Å².